The van der Waals surface area contributed by atoms with Crippen LogP contribution in [0.1, 0.15) is 10.4 Å². The maximum Gasteiger partial charge on any atom is 0.573 e. The lowest BCUT2D eigenvalue weighted by molar-refractivity contribution is -0.274. The molecule has 0 aliphatic carbocycles. The first-order valence-corrected chi connectivity index (χ1v) is 11.4. The molecule has 194 valence electrons. The lowest BCUT2D eigenvalue weighted by Crippen LogP contribution is -2.41. The second-order valence-electron chi connectivity index (χ2n) is 7.92. The summed E-state index contributed by atoms with van der Waals surface area (Å²) in [7, 11) is 0. The van der Waals surface area contributed by atoms with Crippen LogP contribution in [-0.2, 0) is 9.53 Å². The molecule has 2 N–H and O–H groups in total. The molecule has 0 saturated carbocycles. The van der Waals surface area contributed by atoms with E-state index >= 15 is 0 Å². The standard InChI is InChI=1S/C24H21ClF3N5O4/c25-17-4-2-1-3-16(17)19-12-30-21(13-29-19)32-23(35)15-5-6-20(37-24(26,27)28)18(11-15)31-22(34)14-33-7-9-36-10-8-33/h1-6,11-13H,7-10,14H2,(H,31,34)(H,30,32,35). The molecular weight excluding hydrogens is 515 g/mol. The van der Waals surface area contributed by atoms with Gasteiger partial charge in [-0.1, -0.05) is 29.8 Å². The fourth-order valence-corrected chi connectivity index (χ4v) is 3.76. The predicted octanol–water partition coefficient (Wildman–Crippen LogP) is 4.22. The highest BCUT2D eigenvalue weighted by molar-refractivity contribution is 6.33. The summed E-state index contributed by atoms with van der Waals surface area (Å²) < 4.78 is 47.9. The molecule has 0 unspecified atom stereocenters. The zero-order chi connectivity index (χ0) is 26.4. The van der Waals surface area contributed by atoms with E-state index in [9.17, 15) is 22.8 Å². The minimum Gasteiger partial charge on any atom is -0.404 e. The number of carbonyl (C=O) groups is 2. The molecule has 4 rings (SSSR count). The Morgan fingerprint density at radius 3 is 2.49 bits per heavy atom. The molecule has 1 fully saturated rings. The lowest BCUT2D eigenvalue weighted by atomic mass is 10.1. The Labute approximate surface area is 214 Å². The summed E-state index contributed by atoms with van der Waals surface area (Å²) in [5.74, 6) is -1.79. The second kappa shape index (κ2) is 11.5. The number of rotatable bonds is 7. The average Bonchev–Trinajstić information content (AvgIpc) is 2.86. The van der Waals surface area contributed by atoms with E-state index in [0.29, 0.717) is 42.6 Å². The molecule has 0 bridgehead atoms. The number of anilines is 2. The van der Waals surface area contributed by atoms with Crippen LogP contribution in [0.15, 0.2) is 54.9 Å². The molecule has 2 heterocycles. The van der Waals surface area contributed by atoms with E-state index in [4.69, 9.17) is 16.3 Å². The molecule has 3 aromatic rings. The van der Waals surface area contributed by atoms with Gasteiger partial charge >= 0.3 is 6.36 Å². The number of amides is 2. The molecule has 2 aromatic carbocycles. The minimum atomic E-state index is -4.99. The third-order valence-corrected chi connectivity index (χ3v) is 5.59. The van der Waals surface area contributed by atoms with Gasteiger partial charge in [-0.3, -0.25) is 19.5 Å². The van der Waals surface area contributed by atoms with Crippen molar-refractivity contribution >= 4 is 34.9 Å². The van der Waals surface area contributed by atoms with Crippen molar-refractivity contribution in [3.8, 4) is 17.0 Å². The molecule has 0 atom stereocenters. The molecule has 1 saturated heterocycles. The number of carbonyl (C=O) groups excluding carboxylic acids is 2. The Balaban J connectivity index is 1.49. The molecule has 13 heteroatoms. The van der Waals surface area contributed by atoms with E-state index in [1.807, 2.05) is 0 Å². The van der Waals surface area contributed by atoms with Crippen LogP contribution in [0.2, 0.25) is 5.02 Å². The van der Waals surface area contributed by atoms with Gasteiger partial charge in [0, 0.05) is 24.2 Å². The predicted molar refractivity (Wildman–Crippen MR) is 129 cm³/mol. The Morgan fingerprint density at radius 2 is 1.81 bits per heavy atom. The molecule has 2 amide bonds. The summed E-state index contributed by atoms with van der Waals surface area (Å²) in [5.41, 5.74) is 0.811. The van der Waals surface area contributed by atoms with Crippen molar-refractivity contribution in [2.75, 3.05) is 43.5 Å². The normalized spacial score (nSPS) is 14.2. The first-order valence-electron chi connectivity index (χ1n) is 11.1. The van der Waals surface area contributed by atoms with Gasteiger partial charge in [-0.25, -0.2) is 4.98 Å². The van der Waals surface area contributed by atoms with Crippen LogP contribution in [0.3, 0.4) is 0 Å². The van der Waals surface area contributed by atoms with Gasteiger partial charge in [0.1, 0.15) is 0 Å². The summed E-state index contributed by atoms with van der Waals surface area (Å²) >= 11 is 6.16. The van der Waals surface area contributed by atoms with Gasteiger partial charge in [0.2, 0.25) is 5.91 Å². The van der Waals surface area contributed by atoms with Gasteiger partial charge in [0.05, 0.1) is 48.6 Å². The van der Waals surface area contributed by atoms with Crippen molar-refractivity contribution in [2.45, 2.75) is 6.36 Å². The summed E-state index contributed by atoms with van der Waals surface area (Å²) in [4.78, 5) is 35.5. The zero-order valence-electron chi connectivity index (χ0n) is 19.2. The van der Waals surface area contributed by atoms with Crippen molar-refractivity contribution in [1.29, 1.82) is 0 Å². The van der Waals surface area contributed by atoms with Gasteiger partial charge in [0.15, 0.2) is 11.6 Å². The lowest BCUT2D eigenvalue weighted by Gasteiger charge is -2.26. The van der Waals surface area contributed by atoms with E-state index in [0.717, 1.165) is 18.2 Å². The number of morpholine rings is 1. The van der Waals surface area contributed by atoms with Gasteiger partial charge in [-0.2, -0.15) is 0 Å². The van der Waals surface area contributed by atoms with Crippen molar-refractivity contribution in [3.63, 3.8) is 0 Å². The van der Waals surface area contributed by atoms with E-state index in [2.05, 4.69) is 25.3 Å². The van der Waals surface area contributed by atoms with Crippen molar-refractivity contribution in [1.82, 2.24) is 14.9 Å². The molecule has 1 aliphatic rings. The Hall–Kier alpha value is -3.74. The number of hydrogen-bond donors (Lipinski definition) is 2. The number of benzene rings is 2. The number of nitrogens with one attached hydrogen (secondary N) is 2. The van der Waals surface area contributed by atoms with Crippen molar-refractivity contribution < 1.29 is 32.2 Å². The first-order chi connectivity index (χ1) is 17.7. The number of ether oxygens (including phenoxy) is 2. The minimum absolute atomic E-state index is 0.0341. The molecule has 0 radical (unpaired) electrons. The monoisotopic (exact) mass is 535 g/mol. The van der Waals surface area contributed by atoms with E-state index in [-0.39, 0.29) is 23.6 Å². The Kier molecular flexibility index (Phi) is 8.21. The van der Waals surface area contributed by atoms with Gasteiger partial charge < -0.3 is 20.1 Å². The fourth-order valence-electron chi connectivity index (χ4n) is 3.52. The first kappa shape index (κ1) is 26.3. The van der Waals surface area contributed by atoms with Crippen LogP contribution >= 0.6 is 11.6 Å². The number of nitrogens with zero attached hydrogens (tertiary/aromatic N) is 3. The largest absolute Gasteiger partial charge is 0.573 e. The highest BCUT2D eigenvalue weighted by atomic mass is 35.5. The van der Waals surface area contributed by atoms with Gasteiger partial charge in [0.25, 0.3) is 5.91 Å². The third-order valence-electron chi connectivity index (χ3n) is 5.26. The SMILES string of the molecule is O=C(CN1CCOCC1)Nc1cc(C(=O)Nc2cnc(-c3ccccc3Cl)cn2)ccc1OC(F)(F)F. The number of halogens is 4. The highest BCUT2D eigenvalue weighted by Crippen LogP contribution is 2.32. The van der Waals surface area contributed by atoms with Crippen LogP contribution < -0.4 is 15.4 Å². The molecule has 9 nitrogen and oxygen atoms in total. The third kappa shape index (κ3) is 7.38. The number of hydrogen-bond acceptors (Lipinski definition) is 7. The summed E-state index contributed by atoms with van der Waals surface area (Å²) in [6.07, 6.45) is -2.25. The van der Waals surface area contributed by atoms with Crippen LogP contribution in [-0.4, -0.2) is 65.9 Å². The average molecular weight is 536 g/mol. The maximum absolute atomic E-state index is 12.9. The number of alkyl halides is 3. The van der Waals surface area contributed by atoms with Crippen LogP contribution in [0.25, 0.3) is 11.3 Å². The highest BCUT2D eigenvalue weighted by Gasteiger charge is 2.32. The summed E-state index contributed by atoms with van der Waals surface area (Å²) in [6.45, 7) is 1.87. The fraction of sp³-hybridized carbons (Fsp3) is 0.250. The zero-order valence-corrected chi connectivity index (χ0v) is 20.0. The maximum atomic E-state index is 12.9. The molecular formula is C24H21ClF3N5O4. The van der Waals surface area contributed by atoms with E-state index < -0.39 is 23.9 Å². The van der Waals surface area contributed by atoms with Gasteiger partial charge in [-0.15, -0.1) is 13.2 Å². The molecule has 37 heavy (non-hydrogen) atoms. The Morgan fingerprint density at radius 1 is 1.05 bits per heavy atom. The van der Waals surface area contributed by atoms with Crippen LogP contribution in [0.4, 0.5) is 24.7 Å². The van der Waals surface area contributed by atoms with E-state index in [1.54, 1.807) is 29.2 Å². The summed E-state index contributed by atoms with van der Waals surface area (Å²) in [6, 6.07) is 10.2. The second-order valence-corrected chi connectivity index (χ2v) is 8.32. The quantitative estimate of drug-likeness (QED) is 0.466. The van der Waals surface area contributed by atoms with Gasteiger partial charge in [-0.05, 0) is 24.3 Å². The number of aromatic nitrogens is 2. The molecule has 1 aromatic heterocycles. The summed E-state index contributed by atoms with van der Waals surface area (Å²) in [5, 5.41) is 5.41. The molecule has 0 spiro atoms. The van der Waals surface area contributed by atoms with Crippen LogP contribution in [0, 0.1) is 0 Å². The van der Waals surface area contributed by atoms with Crippen LogP contribution in [0.5, 0.6) is 5.75 Å². The Bertz CT molecular complexity index is 1270. The smallest absolute Gasteiger partial charge is 0.404 e. The molecule has 1 aliphatic heterocycles. The topological polar surface area (TPSA) is 106 Å². The van der Waals surface area contributed by atoms with Crippen molar-refractivity contribution in [2.24, 2.45) is 0 Å². The van der Waals surface area contributed by atoms with E-state index in [1.165, 1.54) is 12.4 Å². The van der Waals surface area contributed by atoms with Crippen molar-refractivity contribution in [3.05, 3.63) is 65.4 Å².